The van der Waals surface area contributed by atoms with E-state index >= 15 is 0 Å². The zero-order valence-corrected chi connectivity index (χ0v) is 16.5. The van der Waals surface area contributed by atoms with Gasteiger partial charge in [-0.25, -0.2) is 5.43 Å². The molecule has 0 atom stereocenters. The first kappa shape index (κ1) is 19.4. The fourth-order valence-electron chi connectivity index (χ4n) is 3.31. The van der Waals surface area contributed by atoms with Crippen LogP contribution in [0, 0.1) is 0 Å². The van der Waals surface area contributed by atoms with E-state index in [9.17, 15) is 4.79 Å². The molecule has 7 nitrogen and oxygen atoms in total. The standard InChI is InChI=1S/C22H25N3O4/c1-16(19-6-7-20-21(14-19)29-13-12-28-20)23-24-22(26)18-4-2-17(3-5-18)15-25-8-10-27-11-9-25/h2-7,14H,8-13,15H2,1H3,(H,24,26)/b23-16+. The Morgan fingerprint density at radius 1 is 0.966 bits per heavy atom. The monoisotopic (exact) mass is 395 g/mol. The van der Waals surface area contributed by atoms with Crippen LogP contribution in [-0.2, 0) is 11.3 Å². The summed E-state index contributed by atoms with van der Waals surface area (Å²) in [5.41, 5.74) is 5.95. The molecule has 4 rings (SSSR count). The zero-order valence-electron chi connectivity index (χ0n) is 16.5. The van der Waals surface area contributed by atoms with E-state index in [4.69, 9.17) is 14.2 Å². The highest BCUT2D eigenvalue weighted by Gasteiger charge is 2.14. The molecule has 7 heteroatoms. The topological polar surface area (TPSA) is 72.4 Å². The van der Waals surface area contributed by atoms with Crippen molar-refractivity contribution in [2.45, 2.75) is 13.5 Å². The number of hydrogen-bond donors (Lipinski definition) is 1. The molecule has 1 fully saturated rings. The van der Waals surface area contributed by atoms with Gasteiger partial charge in [0.15, 0.2) is 11.5 Å². The summed E-state index contributed by atoms with van der Waals surface area (Å²) < 4.78 is 16.5. The van der Waals surface area contributed by atoms with Crippen molar-refractivity contribution in [3.05, 3.63) is 59.2 Å². The van der Waals surface area contributed by atoms with Crippen LogP contribution < -0.4 is 14.9 Å². The van der Waals surface area contributed by atoms with E-state index in [0.717, 1.165) is 44.2 Å². The predicted octanol–water partition coefficient (Wildman–Crippen LogP) is 2.44. The molecule has 0 aromatic heterocycles. The molecule has 0 unspecified atom stereocenters. The third kappa shape index (κ3) is 4.93. The molecule has 0 bridgehead atoms. The summed E-state index contributed by atoms with van der Waals surface area (Å²) in [6, 6.07) is 13.3. The maximum atomic E-state index is 12.4. The van der Waals surface area contributed by atoms with Gasteiger partial charge in [-0.05, 0) is 42.8 Å². The minimum Gasteiger partial charge on any atom is -0.486 e. The lowest BCUT2D eigenvalue weighted by atomic mass is 10.1. The number of hydrazone groups is 1. The molecule has 152 valence electrons. The minimum atomic E-state index is -0.236. The molecular weight excluding hydrogens is 370 g/mol. The molecule has 29 heavy (non-hydrogen) atoms. The molecule has 2 aliphatic rings. The van der Waals surface area contributed by atoms with Crippen LogP contribution in [0.5, 0.6) is 11.5 Å². The first-order valence-corrected chi connectivity index (χ1v) is 9.83. The molecule has 2 aromatic carbocycles. The van der Waals surface area contributed by atoms with Crippen molar-refractivity contribution in [2.24, 2.45) is 5.10 Å². The summed E-state index contributed by atoms with van der Waals surface area (Å²) in [5.74, 6) is 1.19. The number of fused-ring (bicyclic) bond motifs is 1. The van der Waals surface area contributed by atoms with Crippen LogP contribution >= 0.6 is 0 Å². The van der Waals surface area contributed by atoms with Gasteiger partial charge in [0.1, 0.15) is 13.2 Å². The highest BCUT2D eigenvalue weighted by atomic mass is 16.6. The van der Waals surface area contributed by atoms with Gasteiger partial charge in [-0.1, -0.05) is 12.1 Å². The van der Waals surface area contributed by atoms with E-state index in [1.54, 1.807) is 0 Å². The van der Waals surface area contributed by atoms with Crippen LogP contribution in [0.4, 0.5) is 0 Å². The summed E-state index contributed by atoms with van der Waals surface area (Å²) in [6.07, 6.45) is 0. The summed E-state index contributed by atoms with van der Waals surface area (Å²) in [7, 11) is 0. The Morgan fingerprint density at radius 2 is 1.66 bits per heavy atom. The Hall–Kier alpha value is -2.90. The molecule has 0 spiro atoms. The van der Waals surface area contributed by atoms with Crippen LogP contribution in [0.1, 0.15) is 28.4 Å². The summed E-state index contributed by atoms with van der Waals surface area (Å²) in [4.78, 5) is 14.8. The number of morpholine rings is 1. The highest BCUT2D eigenvalue weighted by Crippen LogP contribution is 2.30. The zero-order chi connectivity index (χ0) is 20.1. The van der Waals surface area contributed by atoms with Crippen molar-refractivity contribution in [3.8, 4) is 11.5 Å². The van der Waals surface area contributed by atoms with Crippen LogP contribution in [0.15, 0.2) is 47.6 Å². The lowest BCUT2D eigenvalue weighted by molar-refractivity contribution is 0.0342. The van der Waals surface area contributed by atoms with Crippen molar-refractivity contribution in [1.82, 2.24) is 10.3 Å². The van der Waals surface area contributed by atoms with Crippen LogP contribution in [0.2, 0.25) is 0 Å². The van der Waals surface area contributed by atoms with E-state index in [0.29, 0.717) is 30.2 Å². The number of nitrogens with zero attached hydrogens (tertiary/aromatic N) is 2. The van der Waals surface area contributed by atoms with Crippen molar-refractivity contribution in [3.63, 3.8) is 0 Å². The SMILES string of the molecule is C/C(=N\NC(=O)c1ccc(CN2CCOCC2)cc1)c1ccc2c(c1)OCCO2. The Kier molecular flexibility index (Phi) is 6.07. The molecule has 0 aliphatic carbocycles. The van der Waals surface area contributed by atoms with E-state index in [1.165, 1.54) is 5.56 Å². The van der Waals surface area contributed by atoms with E-state index in [2.05, 4.69) is 15.4 Å². The Labute approximate surface area is 170 Å². The lowest BCUT2D eigenvalue weighted by Gasteiger charge is -2.26. The Bertz CT molecular complexity index is 889. The van der Waals surface area contributed by atoms with Gasteiger partial charge >= 0.3 is 0 Å². The molecule has 1 amide bonds. The smallest absolute Gasteiger partial charge is 0.271 e. The molecule has 2 aliphatic heterocycles. The predicted molar refractivity (Wildman–Crippen MR) is 110 cm³/mol. The number of benzene rings is 2. The van der Waals surface area contributed by atoms with Crippen molar-refractivity contribution in [2.75, 3.05) is 39.5 Å². The first-order valence-electron chi connectivity index (χ1n) is 9.83. The second-order valence-corrected chi connectivity index (χ2v) is 7.08. The lowest BCUT2D eigenvalue weighted by Crippen LogP contribution is -2.35. The Balaban J connectivity index is 1.36. The molecule has 2 aromatic rings. The average molecular weight is 395 g/mol. The highest BCUT2D eigenvalue weighted by molar-refractivity contribution is 6.01. The molecule has 2 heterocycles. The number of rotatable bonds is 5. The third-order valence-corrected chi connectivity index (χ3v) is 5.01. The molecule has 0 radical (unpaired) electrons. The Morgan fingerprint density at radius 3 is 2.41 bits per heavy atom. The number of carbonyl (C=O) groups is 1. The van der Waals surface area contributed by atoms with Gasteiger partial charge in [-0.15, -0.1) is 0 Å². The molecule has 1 N–H and O–H groups in total. The van der Waals surface area contributed by atoms with Gasteiger partial charge in [-0.2, -0.15) is 5.10 Å². The average Bonchev–Trinajstić information content (AvgIpc) is 2.78. The number of ether oxygens (including phenoxy) is 3. The van der Waals surface area contributed by atoms with Crippen LogP contribution in [0.25, 0.3) is 0 Å². The largest absolute Gasteiger partial charge is 0.486 e. The van der Waals surface area contributed by atoms with E-state index in [1.807, 2.05) is 49.4 Å². The fraction of sp³-hybridized carbons (Fsp3) is 0.364. The third-order valence-electron chi connectivity index (χ3n) is 5.01. The summed E-state index contributed by atoms with van der Waals surface area (Å²) in [5, 5.41) is 4.23. The minimum absolute atomic E-state index is 0.236. The molecule has 1 saturated heterocycles. The molecular formula is C22H25N3O4. The number of nitrogens with one attached hydrogen (secondary N) is 1. The van der Waals surface area contributed by atoms with Gasteiger partial charge in [0.25, 0.3) is 5.91 Å². The van der Waals surface area contributed by atoms with Gasteiger partial charge in [0, 0.05) is 30.8 Å². The summed E-state index contributed by atoms with van der Waals surface area (Å²) in [6.45, 7) is 7.24. The number of carbonyl (C=O) groups excluding carboxylic acids is 1. The normalized spacial score (nSPS) is 17.1. The fourth-order valence-corrected chi connectivity index (χ4v) is 3.31. The summed E-state index contributed by atoms with van der Waals surface area (Å²) >= 11 is 0. The first-order chi connectivity index (χ1) is 14.2. The van der Waals surface area contributed by atoms with E-state index in [-0.39, 0.29) is 5.91 Å². The number of hydrogen-bond acceptors (Lipinski definition) is 6. The quantitative estimate of drug-likeness (QED) is 0.622. The van der Waals surface area contributed by atoms with Crippen LogP contribution in [0.3, 0.4) is 0 Å². The van der Waals surface area contributed by atoms with Gasteiger partial charge in [-0.3, -0.25) is 9.69 Å². The van der Waals surface area contributed by atoms with Crippen LogP contribution in [-0.4, -0.2) is 56.0 Å². The molecule has 0 saturated carbocycles. The number of amides is 1. The van der Waals surface area contributed by atoms with Gasteiger partial charge in [0.05, 0.1) is 18.9 Å². The van der Waals surface area contributed by atoms with Crippen molar-refractivity contribution < 1.29 is 19.0 Å². The van der Waals surface area contributed by atoms with Gasteiger partial charge in [0.2, 0.25) is 0 Å². The van der Waals surface area contributed by atoms with E-state index < -0.39 is 0 Å². The van der Waals surface area contributed by atoms with Crippen molar-refractivity contribution >= 4 is 11.6 Å². The maximum Gasteiger partial charge on any atom is 0.271 e. The second-order valence-electron chi connectivity index (χ2n) is 7.08. The second kappa shape index (κ2) is 9.07. The van der Waals surface area contributed by atoms with Crippen molar-refractivity contribution in [1.29, 1.82) is 0 Å². The maximum absolute atomic E-state index is 12.4. The van der Waals surface area contributed by atoms with Gasteiger partial charge < -0.3 is 14.2 Å².